The molecule has 0 N–H and O–H groups in total. The molecule has 0 unspecified atom stereocenters. The van der Waals surface area contributed by atoms with Crippen LogP contribution in [0.25, 0.3) is 0 Å². The minimum Gasteiger partial charge on any atom is -0.248 e. The molecular weight excluding hydrogens is 105 g/mol. The van der Waals surface area contributed by atoms with Crippen molar-refractivity contribution in [3.05, 3.63) is 12.9 Å². The summed E-state index contributed by atoms with van der Waals surface area (Å²) in [6.45, 7) is 1.00. The summed E-state index contributed by atoms with van der Waals surface area (Å²) < 4.78 is 30.8. The van der Waals surface area contributed by atoms with Crippen LogP contribution in [-0.4, -0.2) is 13.3 Å². The largest absolute Gasteiger partial charge is 0.248 e. The molecule has 0 rings (SSSR count). The van der Waals surface area contributed by atoms with Crippen molar-refractivity contribution in [3.8, 4) is 0 Å². The first-order valence-electron chi connectivity index (χ1n) is 1.66. The normalized spacial score (nSPS) is 6.14. The van der Waals surface area contributed by atoms with Gasteiger partial charge in [0.15, 0.2) is 0 Å². The van der Waals surface area contributed by atoms with E-state index in [2.05, 4.69) is 6.58 Å². The van der Waals surface area contributed by atoms with Crippen LogP contribution in [0.15, 0.2) is 12.9 Å². The van der Waals surface area contributed by atoms with Crippen molar-refractivity contribution in [1.29, 1.82) is 0 Å². The van der Waals surface area contributed by atoms with E-state index in [-0.39, 0.29) is 6.33 Å². The van der Waals surface area contributed by atoms with E-state index in [1.165, 1.54) is 0 Å². The molecule has 0 aromatic heterocycles. The molecule has 0 aliphatic rings. The molecule has 0 aromatic carbocycles. The van der Waals surface area contributed by atoms with E-state index in [4.69, 9.17) is 0 Å². The fourth-order valence-electron chi connectivity index (χ4n) is 0. The molecule has 0 saturated heterocycles. The molecule has 0 aromatic rings. The number of halogens is 3. The number of hydrogen-bond donors (Lipinski definition) is 0. The Labute approximate surface area is 40.6 Å². The van der Waals surface area contributed by atoms with Gasteiger partial charge in [-0.15, -0.1) is 0 Å². The summed E-state index contributed by atoms with van der Waals surface area (Å²) in [5.74, 6) is 0. The summed E-state index contributed by atoms with van der Waals surface area (Å²) in [5, 5.41) is 0. The van der Waals surface area contributed by atoms with Crippen LogP contribution in [0, 0.1) is 0 Å². The van der Waals surface area contributed by atoms with Crippen molar-refractivity contribution in [1.82, 2.24) is 0 Å². The fraction of sp³-hybridized carbons (Fsp3) is 0.500. The van der Waals surface area contributed by atoms with Crippen LogP contribution in [0.4, 0.5) is 13.2 Å². The molecule has 0 spiro atoms. The third-order valence-electron chi connectivity index (χ3n) is 0.0714. The van der Waals surface area contributed by atoms with Gasteiger partial charge in [-0.3, -0.25) is 0 Å². The monoisotopic (exact) mass is 112 g/mol. The quantitative estimate of drug-likeness (QED) is 0.486. The number of alkyl halides is 2. The highest BCUT2D eigenvalue weighted by molar-refractivity contribution is 4.39. The van der Waals surface area contributed by atoms with Gasteiger partial charge < -0.3 is 0 Å². The molecule has 0 radical (unpaired) electrons. The molecule has 0 aliphatic heterocycles. The average Bonchev–Trinajstić information content (AvgIpc) is 1.69. The summed E-state index contributed by atoms with van der Waals surface area (Å²) in [6, 6.07) is 0. The minimum absolute atomic E-state index is 0.250. The van der Waals surface area contributed by atoms with Crippen LogP contribution in [0.1, 0.15) is 0 Å². The highest BCUT2D eigenvalue weighted by Crippen LogP contribution is 1.63. The zero-order valence-electron chi connectivity index (χ0n) is 3.83. The Hall–Kier alpha value is -0.470. The maximum Gasteiger partial charge on any atom is 0.118 e. The van der Waals surface area contributed by atoms with Crippen LogP contribution in [-0.2, 0) is 0 Å². The molecule has 0 nitrogen and oxygen atoms in total. The van der Waals surface area contributed by atoms with E-state index in [0.29, 0.717) is 0 Å². The van der Waals surface area contributed by atoms with Crippen molar-refractivity contribution in [2.24, 2.45) is 0 Å². The molecule has 0 aliphatic carbocycles. The van der Waals surface area contributed by atoms with Gasteiger partial charge in [0.05, 0.1) is 6.33 Å². The molecule has 0 saturated carbocycles. The minimum atomic E-state index is -0.847. The summed E-state index contributed by atoms with van der Waals surface area (Å²) in [4.78, 5) is 0. The highest BCUT2D eigenvalue weighted by atomic mass is 19.2. The lowest BCUT2D eigenvalue weighted by Gasteiger charge is -1.61. The van der Waals surface area contributed by atoms with E-state index < -0.39 is 13.3 Å². The second-order valence-electron chi connectivity index (χ2n) is 0.532. The van der Waals surface area contributed by atoms with Gasteiger partial charge in [0, 0.05) is 0 Å². The van der Waals surface area contributed by atoms with Gasteiger partial charge >= 0.3 is 0 Å². The maximum absolute atomic E-state index is 10.3. The summed E-state index contributed by atoms with van der Waals surface area (Å²) in [7, 11) is 0. The maximum atomic E-state index is 10.3. The highest BCUT2D eigenvalue weighted by Gasteiger charge is 1.65. The van der Waals surface area contributed by atoms with Crippen molar-refractivity contribution in [3.63, 3.8) is 0 Å². The van der Waals surface area contributed by atoms with Crippen LogP contribution >= 0.6 is 0 Å². The van der Waals surface area contributed by atoms with Crippen LogP contribution in [0.3, 0.4) is 0 Å². The lowest BCUT2D eigenvalue weighted by molar-refractivity contribution is 0.380. The van der Waals surface area contributed by atoms with E-state index >= 15 is 0 Å². The standard InChI is InChI=1S/C2H4F2.C2H3F/c3-1-2-4;1-2-3/h1-2H2;2H,1H2. The van der Waals surface area contributed by atoms with Gasteiger partial charge in [0.25, 0.3) is 0 Å². The first kappa shape index (κ1) is 9.73. The predicted octanol–water partition coefficient (Wildman–Crippen LogP) is 2.02. The van der Waals surface area contributed by atoms with Crippen molar-refractivity contribution in [2.45, 2.75) is 0 Å². The third-order valence-corrected chi connectivity index (χ3v) is 0.0714. The summed E-state index contributed by atoms with van der Waals surface area (Å²) >= 11 is 0. The topological polar surface area (TPSA) is 0 Å². The Morgan fingerprint density at radius 3 is 1.43 bits per heavy atom. The SMILES string of the molecule is C=CF.FCCF. The van der Waals surface area contributed by atoms with Gasteiger partial charge in [-0.05, 0) is 0 Å². The first-order chi connectivity index (χ1) is 3.33. The Balaban J connectivity index is 0. The van der Waals surface area contributed by atoms with Crippen molar-refractivity contribution >= 4 is 0 Å². The van der Waals surface area contributed by atoms with Crippen LogP contribution in [0.2, 0.25) is 0 Å². The van der Waals surface area contributed by atoms with Gasteiger partial charge in [-0.1, -0.05) is 6.58 Å². The Morgan fingerprint density at radius 1 is 1.29 bits per heavy atom. The lowest BCUT2D eigenvalue weighted by Crippen LogP contribution is -1.68. The second-order valence-corrected chi connectivity index (χ2v) is 0.532. The van der Waals surface area contributed by atoms with Gasteiger partial charge in [-0.2, -0.15) is 0 Å². The van der Waals surface area contributed by atoms with Gasteiger partial charge in [0.1, 0.15) is 13.3 Å². The zero-order chi connectivity index (χ0) is 6.12. The smallest absolute Gasteiger partial charge is 0.118 e. The Bertz CT molecular complexity index is 26.1. The molecule has 44 valence electrons. The van der Waals surface area contributed by atoms with Crippen molar-refractivity contribution < 1.29 is 13.2 Å². The average molecular weight is 112 g/mol. The predicted molar refractivity (Wildman–Crippen MR) is 23.3 cm³/mol. The van der Waals surface area contributed by atoms with E-state index in [0.717, 1.165) is 0 Å². The third kappa shape index (κ3) is 245. The van der Waals surface area contributed by atoms with Gasteiger partial charge in [-0.25, -0.2) is 13.2 Å². The van der Waals surface area contributed by atoms with E-state index in [1.54, 1.807) is 0 Å². The first-order valence-corrected chi connectivity index (χ1v) is 1.66. The summed E-state index contributed by atoms with van der Waals surface area (Å²) in [6.07, 6.45) is 0.250. The molecule has 0 fully saturated rings. The second kappa shape index (κ2) is 17.7. The molecule has 0 amide bonds. The number of rotatable bonds is 1. The molecule has 7 heavy (non-hydrogen) atoms. The van der Waals surface area contributed by atoms with E-state index in [1.807, 2.05) is 0 Å². The molecular formula is C4H7F3. The Morgan fingerprint density at radius 2 is 1.43 bits per heavy atom. The van der Waals surface area contributed by atoms with Crippen molar-refractivity contribution in [2.75, 3.05) is 13.3 Å². The summed E-state index contributed by atoms with van der Waals surface area (Å²) in [5.41, 5.74) is 0. The zero-order valence-corrected chi connectivity index (χ0v) is 3.83. The molecule has 3 heteroatoms. The lowest BCUT2D eigenvalue weighted by atomic mass is 10.9. The van der Waals surface area contributed by atoms with Gasteiger partial charge in [0.2, 0.25) is 0 Å². The van der Waals surface area contributed by atoms with Crippen LogP contribution < -0.4 is 0 Å². The van der Waals surface area contributed by atoms with Crippen LogP contribution in [0.5, 0.6) is 0 Å². The van der Waals surface area contributed by atoms with E-state index in [9.17, 15) is 13.2 Å². The number of hydrogen-bond acceptors (Lipinski definition) is 0. The molecule has 0 heterocycles. The fourth-order valence-corrected chi connectivity index (χ4v) is 0. The molecule has 0 atom stereocenters. The Kier molecular flexibility index (Phi) is 24.6. The molecule has 0 bridgehead atoms.